The molecule has 0 radical (unpaired) electrons. The van der Waals surface area contributed by atoms with Crippen LogP contribution in [0.3, 0.4) is 0 Å². The summed E-state index contributed by atoms with van der Waals surface area (Å²) in [6, 6.07) is 0. The molecule has 0 aliphatic heterocycles. The third-order valence-electron chi connectivity index (χ3n) is 0.562. The van der Waals surface area contributed by atoms with Crippen LogP contribution in [-0.2, 0) is 0 Å². The molecule has 48 valence electrons. The molecule has 0 saturated carbocycles. The highest BCUT2D eigenvalue weighted by Gasteiger charge is 2.06. The Morgan fingerprint density at radius 3 is 1.62 bits per heavy atom. The number of aliphatic hydroxyl groups is 2. The number of hydrogen-bond acceptors (Lipinski definition) is 2. The molecule has 2 nitrogen and oxygen atoms in total. The van der Waals surface area contributed by atoms with Gasteiger partial charge in [0.05, 0.1) is 0 Å². The molecule has 0 aromatic carbocycles. The van der Waals surface area contributed by atoms with Gasteiger partial charge in [-0.3, -0.25) is 0 Å². The van der Waals surface area contributed by atoms with Crippen molar-refractivity contribution < 1.29 is 10.2 Å². The maximum atomic E-state index is 8.30. The molecule has 8 heavy (non-hydrogen) atoms. The Hall–Kier alpha value is -0.660. The lowest BCUT2D eigenvalue weighted by atomic mass is 9.97. The number of rotatable bonds is 0. The highest BCUT2D eigenvalue weighted by atomic mass is 16.5. The molecule has 0 aliphatic rings. The Labute approximate surface area is 49.5 Å². The van der Waals surface area contributed by atoms with Crippen molar-refractivity contribution in [2.75, 3.05) is 0 Å². The molecule has 0 bridgehead atoms. The molecule has 0 spiro atoms. The largest absolute Gasteiger partial charge is 0.481 e. The topological polar surface area (TPSA) is 40.5 Å². The third-order valence-corrected chi connectivity index (χ3v) is 0.562. The SMILES string of the molecule is CC(C)(C)C=C(O)O. The minimum atomic E-state index is -0.600. The van der Waals surface area contributed by atoms with E-state index >= 15 is 0 Å². The van der Waals surface area contributed by atoms with E-state index in [1.165, 1.54) is 6.08 Å². The van der Waals surface area contributed by atoms with Crippen LogP contribution in [0.5, 0.6) is 0 Å². The van der Waals surface area contributed by atoms with E-state index in [1.54, 1.807) is 0 Å². The van der Waals surface area contributed by atoms with Crippen molar-refractivity contribution in [2.45, 2.75) is 20.8 Å². The smallest absolute Gasteiger partial charge is 0.270 e. The van der Waals surface area contributed by atoms with Gasteiger partial charge in [-0.2, -0.15) is 0 Å². The molecule has 0 aliphatic carbocycles. The van der Waals surface area contributed by atoms with Crippen molar-refractivity contribution >= 4 is 0 Å². The highest BCUT2D eigenvalue weighted by molar-refractivity contribution is 4.90. The molecule has 0 fully saturated rings. The third kappa shape index (κ3) is 5.34. The van der Waals surface area contributed by atoms with Crippen LogP contribution in [0.1, 0.15) is 20.8 Å². The lowest BCUT2D eigenvalue weighted by Crippen LogP contribution is -2.00. The van der Waals surface area contributed by atoms with Crippen LogP contribution in [0, 0.1) is 5.41 Å². The van der Waals surface area contributed by atoms with Crippen molar-refractivity contribution in [2.24, 2.45) is 5.41 Å². The molecule has 0 amide bonds. The maximum absolute atomic E-state index is 8.30. The first-order valence-electron chi connectivity index (χ1n) is 2.52. The number of allylic oxidation sites excluding steroid dienone is 1. The van der Waals surface area contributed by atoms with Gasteiger partial charge in [0, 0.05) is 6.08 Å². The average Bonchev–Trinajstić information content (AvgIpc) is 1.21. The fourth-order valence-electron chi connectivity index (χ4n) is 0.387. The summed E-state index contributed by atoms with van der Waals surface area (Å²) < 4.78 is 0. The van der Waals surface area contributed by atoms with Gasteiger partial charge in [-0.1, -0.05) is 20.8 Å². The monoisotopic (exact) mass is 116 g/mol. The predicted octanol–water partition coefficient (Wildman–Crippen LogP) is 1.99. The van der Waals surface area contributed by atoms with Gasteiger partial charge in [0.15, 0.2) is 0 Å². The zero-order valence-corrected chi connectivity index (χ0v) is 5.47. The zero-order valence-electron chi connectivity index (χ0n) is 5.47. The Bertz CT molecular complexity index is 93.6. The van der Waals surface area contributed by atoms with Crippen molar-refractivity contribution in [3.63, 3.8) is 0 Å². The Morgan fingerprint density at radius 1 is 1.25 bits per heavy atom. The van der Waals surface area contributed by atoms with Crippen LogP contribution in [0.2, 0.25) is 0 Å². The molecule has 0 saturated heterocycles. The number of aliphatic hydroxyl groups excluding tert-OH is 1. The van der Waals surface area contributed by atoms with Crippen LogP contribution in [-0.4, -0.2) is 10.2 Å². The molecule has 2 heteroatoms. The first-order valence-corrected chi connectivity index (χ1v) is 2.52. The molecule has 0 unspecified atom stereocenters. The van der Waals surface area contributed by atoms with E-state index < -0.39 is 5.95 Å². The van der Waals surface area contributed by atoms with Gasteiger partial charge < -0.3 is 10.2 Å². The van der Waals surface area contributed by atoms with Gasteiger partial charge >= 0.3 is 0 Å². The van der Waals surface area contributed by atoms with Crippen LogP contribution < -0.4 is 0 Å². The van der Waals surface area contributed by atoms with Crippen LogP contribution >= 0.6 is 0 Å². The van der Waals surface area contributed by atoms with Crippen molar-refractivity contribution in [1.29, 1.82) is 0 Å². The van der Waals surface area contributed by atoms with Gasteiger partial charge in [-0.15, -0.1) is 0 Å². The van der Waals surface area contributed by atoms with Crippen molar-refractivity contribution in [1.82, 2.24) is 0 Å². The zero-order chi connectivity index (χ0) is 6.78. The summed E-state index contributed by atoms with van der Waals surface area (Å²) >= 11 is 0. The summed E-state index contributed by atoms with van der Waals surface area (Å²) in [6.45, 7) is 5.66. The van der Waals surface area contributed by atoms with Gasteiger partial charge in [0.1, 0.15) is 0 Å². The molecule has 0 aromatic heterocycles. The van der Waals surface area contributed by atoms with Gasteiger partial charge in [-0.25, -0.2) is 0 Å². The van der Waals surface area contributed by atoms with E-state index in [-0.39, 0.29) is 5.41 Å². The van der Waals surface area contributed by atoms with Crippen molar-refractivity contribution in [3.05, 3.63) is 12.0 Å². The quantitative estimate of drug-likeness (QED) is 0.475. The number of hydrogen-bond donors (Lipinski definition) is 2. The van der Waals surface area contributed by atoms with E-state index in [9.17, 15) is 0 Å². The van der Waals surface area contributed by atoms with E-state index in [1.807, 2.05) is 20.8 Å². The average molecular weight is 116 g/mol. The summed E-state index contributed by atoms with van der Waals surface area (Å²) in [5.74, 6) is -0.600. The summed E-state index contributed by atoms with van der Waals surface area (Å²) in [6.07, 6.45) is 1.38. The second-order valence-corrected chi connectivity index (χ2v) is 2.87. The first kappa shape index (κ1) is 7.34. The fourth-order valence-corrected chi connectivity index (χ4v) is 0.387. The molecule has 0 rings (SSSR count). The standard InChI is InChI=1S/C6H12O2/c1-6(2,3)4-5(7)8/h4,7-8H,1-3H3. The highest BCUT2D eigenvalue weighted by Crippen LogP contribution is 2.15. The van der Waals surface area contributed by atoms with Crippen LogP contribution in [0.4, 0.5) is 0 Å². The van der Waals surface area contributed by atoms with E-state index in [4.69, 9.17) is 10.2 Å². The summed E-state index contributed by atoms with van der Waals surface area (Å²) in [4.78, 5) is 0. The Morgan fingerprint density at radius 2 is 1.62 bits per heavy atom. The van der Waals surface area contributed by atoms with Gasteiger partial charge in [0.2, 0.25) is 0 Å². The van der Waals surface area contributed by atoms with E-state index in [0.29, 0.717) is 0 Å². The van der Waals surface area contributed by atoms with E-state index in [0.717, 1.165) is 0 Å². The fraction of sp³-hybridized carbons (Fsp3) is 0.667. The molecule has 0 atom stereocenters. The molecule has 2 N–H and O–H groups in total. The second kappa shape index (κ2) is 2.07. The van der Waals surface area contributed by atoms with Gasteiger partial charge in [-0.05, 0) is 5.41 Å². The van der Waals surface area contributed by atoms with Gasteiger partial charge in [0.25, 0.3) is 5.95 Å². The minimum Gasteiger partial charge on any atom is -0.481 e. The predicted molar refractivity (Wildman–Crippen MR) is 32.8 cm³/mol. The molecular formula is C6H12O2. The normalized spacial score (nSPS) is 10.9. The van der Waals surface area contributed by atoms with Crippen LogP contribution in [0.25, 0.3) is 0 Å². The Balaban J connectivity index is 3.89. The van der Waals surface area contributed by atoms with Crippen LogP contribution in [0.15, 0.2) is 12.0 Å². The molecule has 0 aromatic rings. The summed E-state index contributed by atoms with van der Waals surface area (Å²) in [5.41, 5.74) is -0.140. The lowest BCUT2D eigenvalue weighted by molar-refractivity contribution is 0.183. The maximum Gasteiger partial charge on any atom is 0.270 e. The first-order chi connectivity index (χ1) is 3.42. The lowest BCUT2D eigenvalue weighted by Gasteiger charge is -2.09. The molecular weight excluding hydrogens is 104 g/mol. The second-order valence-electron chi connectivity index (χ2n) is 2.87. The minimum absolute atomic E-state index is 0.140. The Kier molecular flexibility index (Phi) is 1.90. The van der Waals surface area contributed by atoms with E-state index in [2.05, 4.69) is 0 Å². The van der Waals surface area contributed by atoms with Crippen molar-refractivity contribution in [3.8, 4) is 0 Å². The molecule has 0 heterocycles. The summed E-state index contributed by atoms with van der Waals surface area (Å²) in [7, 11) is 0. The summed E-state index contributed by atoms with van der Waals surface area (Å²) in [5, 5.41) is 16.6.